The molecule has 38 heavy (non-hydrogen) atoms. The number of carbonyl (C=O) groups excluding carboxylic acids is 2. The lowest BCUT2D eigenvalue weighted by atomic mass is 9.87. The van der Waals surface area contributed by atoms with E-state index in [4.69, 9.17) is 9.47 Å². The molecule has 10 heteroatoms. The van der Waals surface area contributed by atoms with Crippen molar-refractivity contribution in [1.29, 1.82) is 0 Å². The van der Waals surface area contributed by atoms with E-state index in [0.717, 1.165) is 38.5 Å². The first kappa shape index (κ1) is 29.1. The molecule has 2 amide bonds. The quantitative estimate of drug-likeness (QED) is 0.258. The normalized spacial score (nSPS) is 23.6. The summed E-state index contributed by atoms with van der Waals surface area (Å²) in [6, 6.07) is 2.83. The Morgan fingerprint density at radius 3 is 2.50 bits per heavy atom. The molecule has 0 bridgehead atoms. The number of hydrogen-bond donors (Lipinski definition) is 4. The van der Waals surface area contributed by atoms with Crippen molar-refractivity contribution in [2.45, 2.75) is 76.2 Å². The van der Waals surface area contributed by atoms with Crippen molar-refractivity contribution in [3.8, 4) is 11.5 Å². The number of nitrogens with zero attached hydrogens (tertiary/aromatic N) is 1. The molecule has 210 valence electrons. The second-order valence-corrected chi connectivity index (χ2v) is 11.8. The Morgan fingerprint density at radius 1 is 1.13 bits per heavy atom. The Morgan fingerprint density at radius 2 is 1.87 bits per heavy atom. The first-order valence-corrected chi connectivity index (χ1v) is 14.6. The second-order valence-electron chi connectivity index (χ2n) is 10.6. The Balaban J connectivity index is 1.64. The van der Waals surface area contributed by atoms with Crippen LogP contribution in [0.3, 0.4) is 0 Å². The van der Waals surface area contributed by atoms with Gasteiger partial charge in [0.2, 0.25) is 11.8 Å². The number of rotatable bonds is 12. The number of benzene rings is 1. The minimum atomic E-state index is -1.06. The molecule has 2 saturated carbocycles. The van der Waals surface area contributed by atoms with Crippen molar-refractivity contribution in [2.75, 3.05) is 26.8 Å². The maximum atomic E-state index is 13.6. The van der Waals surface area contributed by atoms with E-state index in [-0.39, 0.29) is 38.0 Å². The van der Waals surface area contributed by atoms with Gasteiger partial charge in [0.25, 0.3) is 0 Å². The molecule has 0 aromatic heterocycles. The van der Waals surface area contributed by atoms with Crippen LogP contribution >= 0.6 is 22.6 Å². The number of halogens is 1. The number of aliphatic hydroxyl groups is 3. The smallest absolute Gasteiger partial charge is 0.247 e. The number of nitrogens with one attached hydrogen (secondary N) is 1. The summed E-state index contributed by atoms with van der Waals surface area (Å²) in [5.41, 5.74) is 1.07. The van der Waals surface area contributed by atoms with Gasteiger partial charge in [-0.25, -0.2) is 0 Å². The molecular formula is C28H39IN2O7. The molecule has 4 rings (SSSR count). The minimum absolute atomic E-state index is 0.0306. The molecule has 0 saturated heterocycles. The van der Waals surface area contributed by atoms with E-state index in [1.165, 1.54) is 7.11 Å². The monoisotopic (exact) mass is 642 g/mol. The van der Waals surface area contributed by atoms with Crippen LogP contribution in [-0.4, -0.2) is 77.1 Å². The first-order valence-electron chi connectivity index (χ1n) is 13.6. The van der Waals surface area contributed by atoms with Gasteiger partial charge >= 0.3 is 0 Å². The van der Waals surface area contributed by atoms with E-state index < -0.39 is 18.2 Å². The maximum Gasteiger partial charge on any atom is 0.247 e. The second kappa shape index (κ2) is 13.5. The molecule has 3 aliphatic rings. The zero-order valence-electron chi connectivity index (χ0n) is 21.9. The summed E-state index contributed by atoms with van der Waals surface area (Å²) < 4.78 is 12.5. The number of aliphatic hydroxyl groups excluding tert-OH is 3. The number of carbonyl (C=O) groups is 2. The maximum absolute atomic E-state index is 13.6. The largest absolute Gasteiger partial charge is 0.493 e. The van der Waals surface area contributed by atoms with Crippen LogP contribution in [0.5, 0.6) is 11.5 Å². The summed E-state index contributed by atoms with van der Waals surface area (Å²) in [6.45, 7) is 0.327. The zero-order chi connectivity index (χ0) is 27.2. The van der Waals surface area contributed by atoms with Crippen LogP contribution in [0, 0.1) is 15.4 Å². The van der Waals surface area contributed by atoms with E-state index in [0.29, 0.717) is 51.0 Å². The topological polar surface area (TPSA) is 129 Å². The SMILES string of the molecule is COc1cc(CO)cc(I)c1O[C@H]1C=C(C(=O)NCCO)C[C@@H](N(CC2CC2)C(=O)CC2CCCC2)[C@@H]1O. The third-order valence-corrected chi connectivity index (χ3v) is 8.55. The Hall–Kier alpha value is -1.89. The van der Waals surface area contributed by atoms with Crippen molar-refractivity contribution in [2.24, 2.45) is 11.8 Å². The van der Waals surface area contributed by atoms with E-state index in [1.54, 1.807) is 23.1 Å². The first-order chi connectivity index (χ1) is 18.3. The van der Waals surface area contributed by atoms with E-state index in [1.807, 2.05) is 0 Å². The van der Waals surface area contributed by atoms with Gasteiger partial charge in [-0.15, -0.1) is 0 Å². The summed E-state index contributed by atoms with van der Waals surface area (Å²) in [7, 11) is 1.50. The van der Waals surface area contributed by atoms with Crippen LogP contribution in [0.15, 0.2) is 23.8 Å². The predicted octanol–water partition coefficient (Wildman–Crippen LogP) is 2.53. The standard InChI is InChI=1S/C28H39IN2O7/c1-37-24-11-19(16-33)10-21(29)27(24)38-23-14-20(28(36)30-8-9-32)13-22(26(23)35)31(15-18-6-7-18)25(34)12-17-4-2-3-5-17/h10-11,14,17-18,22-23,26,32-33,35H,2-9,12-13,15-16H2,1H3,(H,30,36)/t22-,23+,26+/m1/s1. The van der Waals surface area contributed by atoms with Crippen LogP contribution in [-0.2, 0) is 16.2 Å². The molecule has 0 radical (unpaired) electrons. The van der Waals surface area contributed by atoms with Gasteiger partial charge in [0, 0.05) is 31.5 Å². The Kier molecular flexibility index (Phi) is 10.3. The van der Waals surface area contributed by atoms with Crippen molar-refractivity contribution in [1.82, 2.24) is 10.2 Å². The average molecular weight is 643 g/mol. The third-order valence-electron chi connectivity index (χ3n) is 7.75. The van der Waals surface area contributed by atoms with Crippen LogP contribution in [0.2, 0.25) is 0 Å². The lowest BCUT2D eigenvalue weighted by Gasteiger charge is -2.41. The molecule has 3 aliphatic carbocycles. The molecule has 0 unspecified atom stereocenters. The zero-order valence-corrected chi connectivity index (χ0v) is 24.1. The fourth-order valence-corrected chi connectivity index (χ4v) is 6.27. The highest BCUT2D eigenvalue weighted by molar-refractivity contribution is 14.1. The molecule has 9 nitrogen and oxygen atoms in total. The van der Waals surface area contributed by atoms with Gasteiger partial charge in [0.15, 0.2) is 11.5 Å². The minimum Gasteiger partial charge on any atom is -0.493 e. The number of ether oxygens (including phenoxy) is 2. The predicted molar refractivity (Wildman–Crippen MR) is 150 cm³/mol. The van der Waals surface area contributed by atoms with Gasteiger partial charge in [-0.05, 0) is 83.9 Å². The van der Waals surface area contributed by atoms with Gasteiger partial charge < -0.3 is 35.0 Å². The number of methoxy groups -OCH3 is 1. The summed E-state index contributed by atoms with van der Waals surface area (Å²) in [4.78, 5) is 28.4. The van der Waals surface area contributed by atoms with Crippen molar-refractivity contribution in [3.63, 3.8) is 0 Å². The molecule has 3 atom stereocenters. The average Bonchev–Trinajstić information content (AvgIpc) is 3.60. The molecule has 1 aromatic rings. The highest BCUT2D eigenvalue weighted by Gasteiger charge is 2.42. The summed E-state index contributed by atoms with van der Waals surface area (Å²) in [5.74, 6) is 1.27. The van der Waals surface area contributed by atoms with E-state index in [2.05, 4.69) is 27.9 Å². The molecule has 2 fully saturated rings. The van der Waals surface area contributed by atoms with Gasteiger partial charge in [0.1, 0.15) is 12.2 Å². The summed E-state index contributed by atoms with van der Waals surface area (Å²) in [6.07, 6.45) is 6.83. The number of amides is 2. The lowest BCUT2D eigenvalue weighted by molar-refractivity contribution is -0.140. The Labute approximate surface area is 237 Å². The molecule has 4 N–H and O–H groups in total. The van der Waals surface area contributed by atoms with Gasteiger partial charge in [-0.3, -0.25) is 9.59 Å². The van der Waals surface area contributed by atoms with Crippen molar-refractivity contribution in [3.05, 3.63) is 32.9 Å². The fourth-order valence-electron chi connectivity index (χ4n) is 5.47. The van der Waals surface area contributed by atoms with Crippen LogP contribution in [0.4, 0.5) is 0 Å². The van der Waals surface area contributed by atoms with E-state index in [9.17, 15) is 24.9 Å². The molecule has 1 aromatic carbocycles. The molecular weight excluding hydrogens is 603 g/mol. The summed E-state index contributed by atoms with van der Waals surface area (Å²) >= 11 is 2.09. The lowest BCUT2D eigenvalue weighted by Crippen LogP contribution is -2.55. The highest BCUT2D eigenvalue weighted by Crippen LogP contribution is 2.39. The highest BCUT2D eigenvalue weighted by atomic mass is 127. The van der Waals surface area contributed by atoms with E-state index >= 15 is 0 Å². The Bertz CT molecular complexity index is 1020. The molecule has 0 spiro atoms. The fraction of sp³-hybridized carbons (Fsp3) is 0.643. The third kappa shape index (κ3) is 7.19. The van der Waals surface area contributed by atoms with Crippen molar-refractivity contribution < 1.29 is 34.4 Å². The van der Waals surface area contributed by atoms with Gasteiger partial charge in [0.05, 0.1) is 29.9 Å². The van der Waals surface area contributed by atoms with Crippen LogP contribution in [0.1, 0.15) is 56.9 Å². The van der Waals surface area contributed by atoms with Crippen LogP contribution in [0.25, 0.3) is 0 Å². The molecule has 0 aliphatic heterocycles. The number of hydrogen-bond acceptors (Lipinski definition) is 7. The van der Waals surface area contributed by atoms with Crippen LogP contribution < -0.4 is 14.8 Å². The van der Waals surface area contributed by atoms with Gasteiger partial charge in [-0.1, -0.05) is 12.8 Å². The molecule has 0 heterocycles. The van der Waals surface area contributed by atoms with Crippen molar-refractivity contribution >= 4 is 34.4 Å². The summed E-state index contributed by atoms with van der Waals surface area (Å²) in [5, 5.41) is 33.1. The van der Waals surface area contributed by atoms with Gasteiger partial charge in [-0.2, -0.15) is 0 Å².